The van der Waals surface area contributed by atoms with Gasteiger partial charge in [-0.15, -0.1) is 0 Å². The highest BCUT2D eigenvalue weighted by atomic mass is 19.1. The second-order valence-electron chi connectivity index (χ2n) is 3.59. The summed E-state index contributed by atoms with van der Waals surface area (Å²) in [5, 5.41) is 3.09. The molecule has 1 aromatic rings. The predicted molar refractivity (Wildman–Crippen MR) is 51.5 cm³/mol. The average Bonchev–Trinajstić information content (AvgIpc) is 2.16. The molecule has 2 nitrogen and oxygen atoms in total. The fourth-order valence-electron chi connectivity index (χ4n) is 1.89. The first-order chi connectivity index (χ1) is 6.68. The van der Waals surface area contributed by atoms with E-state index in [4.69, 9.17) is 0 Å². The van der Waals surface area contributed by atoms with Gasteiger partial charge in [-0.1, -0.05) is 6.07 Å². The summed E-state index contributed by atoms with van der Waals surface area (Å²) in [5.41, 5.74) is 1.87. The van der Waals surface area contributed by atoms with Gasteiger partial charge in [-0.3, -0.25) is 4.79 Å². The molecular weight excluding hydrogens is 181 g/mol. The number of Topliss-reactive ketones (excluding diaryl/α,β-unsaturated/α-hetero) is 1. The molecule has 0 aromatic heterocycles. The lowest BCUT2D eigenvalue weighted by molar-refractivity contribution is -0.119. The number of halogens is 1. The van der Waals surface area contributed by atoms with Gasteiger partial charge in [0.25, 0.3) is 0 Å². The SMILES string of the molecule is CC(=O)C1NCCc2ccc(F)cc21. The van der Waals surface area contributed by atoms with Gasteiger partial charge >= 0.3 is 0 Å². The number of rotatable bonds is 1. The maximum Gasteiger partial charge on any atom is 0.151 e. The van der Waals surface area contributed by atoms with Crippen LogP contribution in [0.5, 0.6) is 0 Å². The summed E-state index contributed by atoms with van der Waals surface area (Å²) >= 11 is 0. The van der Waals surface area contributed by atoms with Crippen molar-refractivity contribution in [1.29, 1.82) is 0 Å². The number of carbonyl (C=O) groups is 1. The van der Waals surface area contributed by atoms with Crippen LogP contribution in [-0.4, -0.2) is 12.3 Å². The molecule has 14 heavy (non-hydrogen) atoms. The van der Waals surface area contributed by atoms with E-state index in [0.29, 0.717) is 0 Å². The zero-order valence-electron chi connectivity index (χ0n) is 8.01. The maximum absolute atomic E-state index is 13.0. The van der Waals surface area contributed by atoms with Crippen LogP contribution in [0.3, 0.4) is 0 Å². The Morgan fingerprint density at radius 3 is 3.07 bits per heavy atom. The Balaban J connectivity index is 2.46. The molecule has 0 aliphatic carbocycles. The standard InChI is InChI=1S/C11H12FNO/c1-7(14)11-10-6-9(12)3-2-8(10)4-5-13-11/h2-3,6,11,13H,4-5H2,1H3. The van der Waals surface area contributed by atoms with Crippen LogP contribution >= 0.6 is 0 Å². The number of hydrogen-bond donors (Lipinski definition) is 1. The van der Waals surface area contributed by atoms with E-state index in [1.54, 1.807) is 6.07 Å². The topological polar surface area (TPSA) is 29.1 Å². The summed E-state index contributed by atoms with van der Waals surface area (Å²) in [6.07, 6.45) is 0.861. The lowest BCUT2D eigenvalue weighted by Gasteiger charge is -2.24. The molecule has 74 valence electrons. The molecule has 1 heterocycles. The highest BCUT2D eigenvalue weighted by molar-refractivity contribution is 5.83. The Kier molecular flexibility index (Phi) is 2.33. The molecule has 1 aliphatic heterocycles. The van der Waals surface area contributed by atoms with E-state index in [1.165, 1.54) is 19.1 Å². The summed E-state index contributed by atoms with van der Waals surface area (Å²) < 4.78 is 13.0. The van der Waals surface area contributed by atoms with E-state index in [2.05, 4.69) is 5.32 Å². The molecule has 0 radical (unpaired) electrons. The molecule has 2 rings (SSSR count). The molecule has 3 heteroatoms. The minimum absolute atomic E-state index is 0.0385. The largest absolute Gasteiger partial charge is 0.303 e. The van der Waals surface area contributed by atoms with E-state index in [0.717, 1.165) is 24.1 Å². The van der Waals surface area contributed by atoms with Gasteiger partial charge in [0.05, 0.1) is 6.04 Å². The molecule has 0 saturated heterocycles. The van der Waals surface area contributed by atoms with Gasteiger partial charge in [-0.2, -0.15) is 0 Å². The summed E-state index contributed by atoms with van der Waals surface area (Å²) in [7, 11) is 0. The van der Waals surface area contributed by atoms with Crippen molar-refractivity contribution in [2.75, 3.05) is 6.54 Å². The molecule has 0 fully saturated rings. The lowest BCUT2D eigenvalue weighted by Crippen LogP contribution is -2.34. The van der Waals surface area contributed by atoms with E-state index < -0.39 is 0 Å². The minimum Gasteiger partial charge on any atom is -0.303 e. The van der Waals surface area contributed by atoms with Crippen molar-refractivity contribution in [3.8, 4) is 0 Å². The van der Waals surface area contributed by atoms with E-state index in [1.807, 2.05) is 0 Å². The summed E-state index contributed by atoms with van der Waals surface area (Å²) in [4.78, 5) is 11.3. The Morgan fingerprint density at radius 2 is 2.36 bits per heavy atom. The van der Waals surface area contributed by atoms with Crippen molar-refractivity contribution in [1.82, 2.24) is 5.32 Å². The molecule has 1 atom stereocenters. The van der Waals surface area contributed by atoms with Gasteiger partial charge in [0.1, 0.15) is 5.82 Å². The monoisotopic (exact) mass is 193 g/mol. The third-order valence-corrected chi connectivity index (χ3v) is 2.57. The van der Waals surface area contributed by atoms with Crippen molar-refractivity contribution >= 4 is 5.78 Å². The molecule has 1 unspecified atom stereocenters. The fourth-order valence-corrected chi connectivity index (χ4v) is 1.89. The number of ketones is 1. The van der Waals surface area contributed by atoms with Crippen molar-refractivity contribution in [3.05, 3.63) is 35.1 Å². The van der Waals surface area contributed by atoms with Crippen LogP contribution in [-0.2, 0) is 11.2 Å². The van der Waals surface area contributed by atoms with Crippen LogP contribution in [0.25, 0.3) is 0 Å². The molecule has 1 N–H and O–H groups in total. The number of hydrogen-bond acceptors (Lipinski definition) is 2. The normalized spacial score (nSPS) is 20.3. The number of nitrogens with one attached hydrogen (secondary N) is 1. The van der Waals surface area contributed by atoms with Crippen LogP contribution in [0, 0.1) is 5.82 Å². The summed E-state index contributed by atoms with van der Waals surface area (Å²) in [6, 6.07) is 4.34. The quantitative estimate of drug-likeness (QED) is 0.734. The van der Waals surface area contributed by atoms with Gasteiger partial charge in [0.15, 0.2) is 5.78 Å². The van der Waals surface area contributed by atoms with Crippen molar-refractivity contribution < 1.29 is 9.18 Å². The molecule has 0 bridgehead atoms. The first kappa shape index (κ1) is 9.34. The molecule has 0 spiro atoms. The van der Waals surface area contributed by atoms with E-state index in [-0.39, 0.29) is 17.6 Å². The highest BCUT2D eigenvalue weighted by Crippen LogP contribution is 2.24. The van der Waals surface area contributed by atoms with Crippen LogP contribution in [0.15, 0.2) is 18.2 Å². The second-order valence-corrected chi connectivity index (χ2v) is 3.59. The number of carbonyl (C=O) groups excluding carboxylic acids is 1. The minimum atomic E-state index is -0.325. The Bertz CT molecular complexity index is 376. The Labute approximate surface area is 82.1 Å². The summed E-state index contributed by atoms with van der Waals surface area (Å²) in [5.74, 6) is -0.241. The first-order valence-electron chi connectivity index (χ1n) is 4.70. The molecule has 1 aromatic carbocycles. The van der Waals surface area contributed by atoms with E-state index >= 15 is 0 Å². The van der Waals surface area contributed by atoms with Gasteiger partial charge in [-0.25, -0.2) is 4.39 Å². The zero-order valence-corrected chi connectivity index (χ0v) is 8.01. The third kappa shape index (κ3) is 1.55. The lowest BCUT2D eigenvalue weighted by atomic mass is 9.92. The molecule has 1 aliphatic rings. The van der Waals surface area contributed by atoms with Crippen LogP contribution in [0.1, 0.15) is 24.1 Å². The van der Waals surface area contributed by atoms with Crippen molar-refractivity contribution in [3.63, 3.8) is 0 Å². The van der Waals surface area contributed by atoms with Gasteiger partial charge in [0, 0.05) is 6.54 Å². The molecule has 0 amide bonds. The number of fused-ring (bicyclic) bond motifs is 1. The molecular formula is C11H12FNO. The highest BCUT2D eigenvalue weighted by Gasteiger charge is 2.23. The van der Waals surface area contributed by atoms with Gasteiger partial charge in [-0.05, 0) is 36.6 Å². The van der Waals surface area contributed by atoms with Gasteiger partial charge in [0.2, 0.25) is 0 Å². The number of benzene rings is 1. The van der Waals surface area contributed by atoms with Crippen molar-refractivity contribution in [2.45, 2.75) is 19.4 Å². The smallest absolute Gasteiger partial charge is 0.151 e. The van der Waals surface area contributed by atoms with Crippen molar-refractivity contribution in [2.24, 2.45) is 0 Å². The van der Waals surface area contributed by atoms with Crippen LogP contribution < -0.4 is 5.32 Å². The fraction of sp³-hybridized carbons (Fsp3) is 0.364. The summed E-state index contributed by atoms with van der Waals surface area (Å²) in [6.45, 7) is 2.31. The third-order valence-electron chi connectivity index (χ3n) is 2.57. The zero-order chi connectivity index (χ0) is 10.1. The maximum atomic E-state index is 13.0. The first-order valence-corrected chi connectivity index (χ1v) is 4.70. The molecule has 0 saturated carbocycles. The second kappa shape index (κ2) is 3.50. The van der Waals surface area contributed by atoms with Gasteiger partial charge < -0.3 is 5.32 Å². The predicted octanol–water partition coefficient (Wildman–Crippen LogP) is 1.60. The average molecular weight is 193 g/mol. The van der Waals surface area contributed by atoms with Crippen LogP contribution in [0.4, 0.5) is 4.39 Å². The Hall–Kier alpha value is -1.22. The van der Waals surface area contributed by atoms with E-state index in [9.17, 15) is 9.18 Å². The van der Waals surface area contributed by atoms with Crippen LogP contribution in [0.2, 0.25) is 0 Å². The Morgan fingerprint density at radius 1 is 1.57 bits per heavy atom.